The van der Waals surface area contributed by atoms with Gasteiger partial charge in [-0.05, 0) is 20.3 Å². The molecule has 1 N–H and O–H groups in total. The van der Waals surface area contributed by atoms with Crippen molar-refractivity contribution >= 4 is 16.1 Å². The molecule has 0 spiro atoms. The lowest BCUT2D eigenvalue weighted by atomic mass is 10.1. The summed E-state index contributed by atoms with van der Waals surface area (Å²) in [7, 11) is -4.25. The highest BCUT2D eigenvalue weighted by Crippen LogP contribution is 2.16. The molecule has 0 aromatic carbocycles. The van der Waals surface area contributed by atoms with Crippen LogP contribution in [0, 0.1) is 0 Å². The third kappa shape index (κ3) is 9.85. The second-order valence-corrected chi connectivity index (χ2v) is 8.01. The molecular weight excluding hydrogens is 292 g/mol. The molecule has 0 rings (SSSR count). The Kier molecular flexibility index (Phi) is 9.86. The molecule has 0 radical (unpaired) electrons. The lowest BCUT2D eigenvalue weighted by Gasteiger charge is -2.16. The van der Waals surface area contributed by atoms with E-state index in [1.165, 1.54) is 32.1 Å². The van der Waals surface area contributed by atoms with Gasteiger partial charge in [0.15, 0.2) is 4.93 Å². The molecule has 5 nitrogen and oxygen atoms in total. The molecule has 0 aliphatic heterocycles. The Bertz CT molecular complexity index is 381. The quantitative estimate of drug-likeness (QED) is 0.439. The summed E-state index contributed by atoms with van der Waals surface area (Å²) in [6.45, 7) is 4.35. The van der Waals surface area contributed by atoms with E-state index in [2.05, 4.69) is 11.1 Å². The maximum absolute atomic E-state index is 11.4. The molecule has 126 valence electrons. The van der Waals surface area contributed by atoms with E-state index in [1.54, 1.807) is 0 Å². The largest absolute Gasteiger partial charge is 0.372 e. The van der Waals surface area contributed by atoms with Gasteiger partial charge in [-0.15, -0.1) is 0 Å². The zero-order valence-corrected chi connectivity index (χ0v) is 14.4. The molecule has 0 unspecified atom stereocenters. The van der Waals surface area contributed by atoms with Crippen LogP contribution >= 0.6 is 0 Å². The summed E-state index contributed by atoms with van der Waals surface area (Å²) < 4.78 is 27.2. The van der Waals surface area contributed by atoms with Gasteiger partial charge >= 0.3 is 16.1 Å². The van der Waals surface area contributed by atoms with Gasteiger partial charge in [0.05, 0.1) is 0 Å². The second-order valence-electron chi connectivity index (χ2n) is 5.93. The monoisotopic (exact) mass is 322 g/mol. The molecule has 0 saturated heterocycles. The van der Waals surface area contributed by atoms with Gasteiger partial charge in [0.2, 0.25) is 0 Å². The van der Waals surface area contributed by atoms with Crippen LogP contribution in [-0.2, 0) is 19.1 Å². The topological polar surface area (TPSA) is 80.7 Å². The van der Waals surface area contributed by atoms with Crippen LogP contribution < -0.4 is 0 Å². The Morgan fingerprint density at radius 1 is 0.952 bits per heavy atom. The standard InChI is InChI=1S/C15H30O5S/c1-4-5-6-7-8-9-10-11-12-13-14(16)20-21(18,19)15(2,3)17/h17H,4-13H2,1-3H3. The fourth-order valence-corrected chi connectivity index (χ4v) is 2.38. The highest BCUT2D eigenvalue weighted by Gasteiger charge is 2.35. The molecule has 0 aliphatic carbocycles. The van der Waals surface area contributed by atoms with Crippen LogP contribution in [0.1, 0.15) is 85.0 Å². The van der Waals surface area contributed by atoms with Crippen LogP contribution in [0.4, 0.5) is 0 Å². The zero-order valence-electron chi connectivity index (χ0n) is 13.6. The first-order valence-corrected chi connectivity index (χ1v) is 9.30. The lowest BCUT2D eigenvalue weighted by molar-refractivity contribution is -0.134. The Hall–Kier alpha value is -0.620. The predicted molar refractivity (Wildman–Crippen MR) is 83.2 cm³/mol. The molecule has 0 amide bonds. The third-order valence-corrected chi connectivity index (χ3v) is 4.93. The molecule has 0 aliphatic rings. The van der Waals surface area contributed by atoms with Crippen LogP contribution in [0.3, 0.4) is 0 Å². The Morgan fingerprint density at radius 3 is 1.81 bits per heavy atom. The van der Waals surface area contributed by atoms with Gasteiger partial charge in [0.25, 0.3) is 0 Å². The van der Waals surface area contributed by atoms with E-state index in [1.807, 2.05) is 0 Å². The first kappa shape index (κ1) is 20.4. The van der Waals surface area contributed by atoms with Gasteiger partial charge in [-0.3, -0.25) is 4.79 Å². The molecule has 21 heavy (non-hydrogen) atoms. The minimum Gasteiger partial charge on any atom is -0.372 e. The number of carbonyl (C=O) groups is 1. The summed E-state index contributed by atoms with van der Waals surface area (Å²) >= 11 is 0. The molecule has 0 bridgehead atoms. The van der Waals surface area contributed by atoms with Gasteiger partial charge in [0.1, 0.15) is 0 Å². The van der Waals surface area contributed by atoms with E-state index in [-0.39, 0.29) is 6.42 Å². The summed E-state index contributed by atoms with van der Waals surface area (Å²) in [5.74, 6) is -0.792. The maximum Gasteiger partial charge on any atom is 0.341 e. The fraction of sp³-hybridized carbons (Fsp3) is 0.933. The molecule has 6 heteroatoms. The molecule has 0 aromatic heterocycles. The van der Waals surface area contributed by atoms with Crippen molar-refractivity contribution in [3.63, 3.8) is 0 Å². The summed E-state index contributed by atoms with van der Waals surface area (Å²) in [4.78, 5) is 9.35. The van der Waals surface area contributed by atoms with Crippen LogP contribution in [0.5, 0.6) is 0 Å². The van der Waals surface area contributed by atoms with Crippen molar-refractivity contribution in [2.45, 2.75) is 89.9 Å². The number of unbranched alkanes of at least 4 members (excludes halogenated alkanes) is 8. The van der Waals surface area contributed by atoms with Gasteiger partial charge in [0, 0.05) is 6.42 Å². The first-order valence-electron chi connectivity index (χ1n) is 7.90. The van der Waals surface area contributed by atoms with Crippen LogP contribution in [0.2, 0.25) is 0 Å². The van der Waals surface area contributed by atoms with Gasteiger partial charge in [-0.2, -0.15) is 8.42 Å². The number of carbonyl (C=O) groups excluding carboxylic acids is 1. The smallest absolute Gasteiger partial charge is 0.341 e. The van der Waals surface area contributed by atoms with E-state index in [0.29, 0.717) is 6.42 Å². The average Bonchev–Trinajstić information content (AvgIpc) is 2.35. The maximum atomic E-state index is 11.4. The zero-order chi connectivity index (χ0) is 16.4. The van der Waals surface area contributed by atoms with Gasteiger partial charge < -0.3 is 9.29 Å². The summed E-state index contributed by atoms with van der Waals surface area (Å²) in [5, 5.41) is 9.36. The Labute approximate surface area is 129 Å². The molecule has 0 saturated carbocycles. The molecule has 0 atom stereocenters. The normalized spacial score (nSPS) is 12.4. The fourth-order valence-electron chi connectivity index (χ4n) is 1.85. The third-order valence-electron chi connectivity index (χ3n) is 3.30. The summed E-state index contributed by atoms with van der Waals surface area (Å²) in [6, 6.07) is 0. The summed E-state index contributed by atoms with van der Waals surface area (Å²) in [5.41, 5.74) is 0. The molecule has 0 heterocycles. The van der Waals surface area contributed by atoms with Crippen molar-refractivity contribution < 1.29 is 22.5 Å². The number of hydrogen-bond donors (Lipinski definition) is 1. The highest BCUT2D eigenvalue weighted by molar-refractivity contribution is 7.88. The average molecular weight is 322 g/mol. The molecule has 0 fully saturated rings. The van der Waals surface area contributed by atoms with Crippen molar-refractivity contribution in [3.05, 3.63) is 0 Å². The number of rotatable bonds is 12. The van der Waals surface area contributed by atoms with E-state index >= 15 is 0 Å². The Morgan fingerprint density at radius 2 is 1.38 bits per heavy atom. The summed E-state index contributed by atoms with van der Waals surface area (Å²) in [6.07, 6.45) is 10.1. The van der Waals surface area contributed by atoms with Gasteiger partial charge in [-0.1, -0.05) is 58.3 Å². The second kappa shape index (κ2) is 10.2. The van der Waals surface area contributed by atoms with Crippen molar-refractivity contribution in [3.8, 4) is 0 Å². The van der Waals surface area contributed by atoms with Crippen LogP contribution in [0.15, 0.2) is 0 Å². The van der Waals surface area contributed by atoms with E-state index in [0.717, 1.165) is 33.1 Å². The van der Waals surface area contributed by atoms with E-state index in [4.69, 9.17) is 0 Å². The first-order chi connectivity index (χ1) is 9.70. The van der Waals surface area contributed by atoms with Crippen molar-refractivity contribution in [2.75, 3.05) is 0 Å². The number of aliphatic hydroxyl groups is 1. The van der Waals surface area contributed by atoms with Crippen LogP contribution in [0.25, 0.3) is 0 Å². The van der Waals surface area contributed by atoms with Gasteiger partial charge in [-0.25, -0.2) is 0 Å². The predicted octanol–water partition coefficient (Wildman–Crippen LogP) is 3.51. The Balaban J connectivity index is 3.64. The SMILES string of the molecule is CCCCCCCCCCCC(=O)OS(=O)(=O)C(C)(C)O. The molecular formula is C15H30O5S. The lowest BCUT2D eigenvalue weighted by Crippen LogP contribution is -2.34. The molecule has 0 aromatic rings. The van der Waals surface area contributed by atoms with Crippen molar-refractivity contribution in [1.29, 1.82) is 0 Å². The number of hydrogen-bond acceptors (Lipinski definition) is 5. The van der Waals surface area contributed by atoms with Crippen molar-refractivity contribution in [2.24, 2.45) is 0 Å². The van der Waals surface area contributed by atoms with Crippen LogP contribution in [-0.4, -0.2) is 24.4 Å². The highest BCUT2D eigenvalue weighted by atomic mass is 32.2. The minimum absolute atomic E-state index is 0.0745. The minimum atomic E-state index is -4.25. The van der Waals surface area contributed by atoms with E-state index < -0.39 is 21.0 Å². The van der Waals surface area contributed by atoms with E-state index in [9.17, 15) is 18.3 Å². The van der Waals surface area contributed by atoms with Crippen molar-refractivity contribution in [1.82, 2.24) is 0 Å².